The molecule has 19 heavy (non-hydrogen) atoms. The van der Waals surface area contributed by atoms with Crippen LogP contribution in [0.15, 0.2) is 0 Å². The minimum atomic E-state index is -0.715. The molecule has 0 radical (unpaired) electrons. The molecule has 110 valence electrons. The van der Waals surface area contributed by atoms with Crippen LogP contribution in [0.25, 0.3) is 0 Å². The van der Waals surface area contributed by atoms with Gasteiger partial charge in [0.25, 0.3) is 0 Å². The van der Waals surface area contributed by atoms with E-state index in [9.17, 15) is 9.59 Å². The zero-order valence-corrected chi connectivity index (χ0v) is 12.2. The summed E-state index contributed by atoms with van der Waals surface area (Å²) in [4.78, 5) is 24.9. The fraction of sp³-hybridized carbons (Fsp3) is 0.857. The van der Waals surface area contributed by atoms with Crippen molar-refractivity contribution in [3.8, 4) is 0 Å². The van der Waals surface area contributed by atoms with Crippen molar-refractivity contribution in [1.29, 1.82) is 0 Å². The van der Waals surface area contributed by atoms with Gasteiger partial charge in [-0.3, -0.25) is 14.5 Å². The Hall–Kier alpha value is -1.10. The third-order valence-corrected chi connectivity index (χ3v) is 3.84. The van der Waals surface area contributed by atoms with Crippen molar-refractivity contribution < 1.29 is 14.7 Å². The molecule has 1 amide bonds. The maximum atomic E-state index is 11.9. The Bertz CT molecular complexity index is 320. The average molecular weight is 270 g/mol. The number of hydrogen-bond acceptors (Lipinski definition) is 3. The summed E-state index contributed by atoms with van der Waals surface area (Å²) in [6.45, 7) is 7.18. The molecule has 2 N–H and O–H groups in total. The van der Waals surface area contributed by atoms with E-state index < -0.39 is 5.97 Å². The number of nitrogens with one attached hydrogen (secondary N) is 1. The molecular formula is C14H26N2O3. The first-order valence-electron chi connectivity index (χ1n) is 7.20. The van der Waals surface area contributed by atoms with Crippen LogP contribution in [0, 0.1) is 5.92 Å². The monoisotopic (exact) mass is 270 g/mol. The number of amides is 1. The van der Waals surface area contributed by atoms with Crippen LogP contribution in [0.5, 0.6) is 0 Å². The van der Waals surface area contributed by atoms with Gasteiger partial charge in [0.05, 0.1) is 12.5 Å². The molecule has 0 bridgehead atoms. The first kappa shape index (κ1) is 16.0. The second-order valence-corrected chi connectivity index (χ2v) is 5.64. The fourth-order valence-corrected chi connectivity index (χ4v) is 2.69. The number of rotatable bonds is 6. The lowest BCUT2D eigenvalue weighted by Crippen LogP contribution is -2.48. The predicted octanol–water partition coefficient (Wildman–Crippen LogP) is 1.48. The van der Waals surface area contributed by atoms with Crippen molar-refractivity contribution in [3.63, 3.8) is 0 Å². The van der Waals surface area contributed by atoms with Crippen LogP contribution >= 0.6 is 0 Å². The number of carbonyl (C=O) groups excluding carboxylic acids is 1. The lowest BCUT2D eigenvalue weighted by Gasteiger charge is -2.35. The highest BCUT2D eigenvalue weighted by Gasteiger charge is 2.30. The Balaban J connectivity index is 2.37. The molecule has 1 rings (SSSR count). The average Bonchev–Trinajstić information content (AvgIpc) is 2.31. The van der Waals surface area contributed by atoms with Crippen LogP contribution in [-0.2, 0) is 9.59 Å². The van der Waals surface area contributed by atoms with Gasteiger partial charge in [-0.2, -0.15) is 0 Å². The molecule has 5 nitrogen and oxygen atoms in total. The van der Waals surface area contributed by atoms with Crippen molar-refractivity contribution in [1.82, 2.24) is 10.2 Å². The molecule has 3 atom stereocenters. The van der Waals surface area contributed by atoms with E-state index >= 15 is 0 Å². The number of carboxylic acid groups (broad SMARTS) is 1. The number of hydrogen-bond donors (Lipinski definition) is 2. The van der Waals surface area contributed by atoms with Crippen LogP contribution in [0.1, 0.15) is 46.5 Å². The van der Waals surface area contributed by atoms with Crippen molar-refractivity contribution in [3.05, 3.63) is 0 Å². The first-order valence-corrected chi connectivity index (χ1v) is 7.20. The summed E-state index contributed by atoms with van der Waals surface area (Å²) < 4.78 is 0. The molecule has 1 fully saturated rings. The zero-order chi connectivity index (χ0) is 14.4. The van der Waals surface area contributed by atoms with Gasteiger partial charge >= 0.3 is 5.97 Å². The van der Waals surface area contributed by atoms with Crippen LogP contribution in [0.4, 0.5) is 0 Å². The Kier molecular flexibility index (Phi) is 6.28. The van der Waals surface area contributed by atoms with Gasteiger partial charge in [-0.25, -0.2) is 0 Å². The molecule has 0 saturated carbocycles. The van der Waals surface area contributed by atoms with Gasteiger partial charge in [-0.05, 0) is 39.7 Å². The van der Waals surface area contributed by atoms with Gasteiger partial charge in [-0.1, -0.05) is 13.3 Å². The lowest BCUT2D eigenvalue weighted by molar-refractivity contribution is -0.144. The SMILES string of the molecule is CCCC(C)NC(=O)CN1CCC(C(=O)O)CC1C. The first-order chi connectivity index (χ1) is 8.93. The fourth-order valence-electron chi connectivity index (χ4n) is 2.69. The van der Waals surface area contributed by atoms with E-state index in [-0.39, 0.29) is 23.9 Å². The minimum absolute atomic E-state index is 0.0431. The molecule has 5 heteroatoms. The van der Waals surface area contributed by atoms with Crippen molar-refractivity contribution in [2.45, 2.75) is 58.5 Å². The third-order valence-electron chi connectivity index (χ3n) is 3.84. The maximum absolute atomic E-state index is 11.9. The molecule has 1 saturated heterocycles. The molecule has 0 aromatic rings. The van der Waals surface area contributed by atoms with Crippen LogP contribution in [0.3, 0.4) is 0 Å². The number of piperidine rings is 1. The summed E-state index contributed by atoms with van der Waals surface area (Å²) in [6.07, 6.45) is 3.31. The molecule has 0 aromatic carbocycles. The highest BCUT2D eigenvalue weighted by atomic mass is 16.4. The number of likely N-dealkylation sites (tertiary alicyclic amines) is 1. The van der Waals surface area contributed by atoms with E-state index in [0.29, 0.717) is 25.9 Å². The molecule has 0 aliphatic carbocycles. The molecule has 0 spiro atoms. The summed E-state index contributed by atoms with van der Waals surface area (Å²) in [7, 11) is 0. The van der Waals surface area contributed by atoms with Gasteiger partial charge in [0.1, 0.15) is 0 Å². The second kappa shape index (κ2) is 7.48. The number of aliphatic carboxylic acids is 1. The highest BCUT2D eigenvalue weighted by molar-refractivity contribution is 5.78. The molecular weight excluding hydrogens is 244 g/mol. The summed E-state index contributed by atoms with van der Waals surface area (Å²) >= 11 is 0. The van der Waals surface area contributed by atoms with E-state index in [1.165, 1.54) is 0 Å². The van der Waals surface area contributed by atoms with Crippen LogP contribution < -0.4 is 5.32 Å². The summed E-state index contributed by atoms with van der Waals surface area (Å²) in [5, 5.41) is 12.0. The van der Waals surface area contributed by atoms with E-state index in [0.717, 1.165) is 12.8 Å². The van der Waals surface area contributed by atoms with Gasteiger partial charge < -0.3 is 10.4 Å². The summed E-state index contributed by atoms with van der Waals surface area (Å²) in [5.74, 6) is -0.928. The van der Waals surface area contributed by atoms with E-state index in [2.05, 4.69) is 17.1 Å². The predicted molar refractivity (Wildman–Crippen MR) is 73.9 cm³/mol. The maximum Gasteiger partial charge on any atom is 0.306 e. The number of carbonyl (C=O) groups is 2. The second-order valence-electron chi connectivity index (χ2n) is 5.64. The largest absolute Gasteiger partial charge is 0.481 e. The molecule has 1 aliphatic heterocycles. The van der Waals surface area contributed by atoms with Crippen LogP contribution in [-0.4, -0.2) is 47.1 Å². The Morgan fingerprint density at radius 1 is 1.47 bits per heavy atom. The smallest absolute Gasteiger partial charge is 0.306 e. The topological polar surface area (TPSA) is 69.6 Å². The van der Waals surface area contributed by atoms with Crippen molar-refractivity contribution >= 4 is 11.9 Å². The molecule has 1 aliphatic rings. The Labute approximate surface area is 115 Å². The van der Waals surface area contributed by atoms with Gasteiger partial charge in [0.15, 0.2) is 0 Å². The van der Waals surface area contributed by atoms with Gasteiger partial charge in [0, 0.05) is 12.1 Å². The van der Waals surface area contributed by atoms with E-state index in [1.807, 2.05) is 13.8 Å². The summed E-state index contributed by atoms with van der Waals surface area (Å²) in [6, 6.07) is 0.367. The lowest BCUT2D eigenvalue weighted by atomic mass is 9.92. The van der Waals surface area contributed by atoms with Crippen molar-refractivity contribution in [2.75, 3.05) is 13.1 Å². The van der Waals surface area contributed by atoms with E-state index in [4.69, 9.17) is 5.11 Å². The number of nitrogens with zero attached hydrogens (tertiary/aromatic N) is 1. The van der Waals surface area contributed by atoms with Gasteiger partial charge in [-0.15, -0.1) is 0 Å². The minimum Gasteiger partial charge on any atom is -0.481 e. The highest BCUT2D eigenvalue weighted by Crippen LogP contribution is 2.22. The molecule has 0 aromatic heterocycles. The quantitative estimate of drug-likeness (QED) is 0.767. The van der Waals surface area contributed by atoms with Crippen molar-refractivity contribution in [2.24, 2.45) is 5.92 Å². The third kappa shape index (κ3) is 5.19. The molecule has 1 heterocycles. The molecule has 3 unspecified atom stereocenters. The normalized spacial score (nSPS) is 25.8. The van der Waals surface area contributed by atoms with Gasteiger partial charge in [0.2, 0.25) is 5.91 Å². The summed E-state index contributed by atoms with van der Waals surface area (Å²) in [5.41, 5.74) is 0. The Morgan fingerprint density at radius 2 is 2.16 bits per heavy atom. The Morgan fingerprint density at radius 3 is 2.68 bits per heavy atom. The number of carboxylic acids is 1. The zero-order valence-electron chi connectivity index (χ0n) is 12.2. The van der Waals surface area contributed by atoms with E-state index in [1.54, 1.807) is 0 Å². The van der Waals surface area contributed by atoms with Crippen LogP contribution in [0.2, 0.25) is 0 Å². The standard InChI is InChI=1S/C14H26N2O3/c1-4-5-10(2)15-13(17)9-16-7-6-12(14(18)19)8-11(16)3/h10-12H,4-9H2,1-3H3,(H,15,17)(H,18,19).